The van der Waals surface area contributed by atoms with Crippen LogP contribution in [0.1, 0.15) is 19.8 Å². The van der Waals surface area contributed by atoms with Crippen LogP contribution in [0.5, 0.6) is 0 Å². The van der Waals surface area contributed by atoms with Crippen molar-refractivity contribution in [2.45, 2.75) is 25.7 Å². The Balaban J connectivity index is 1.92. The normalized spacial score (nSPS) is 36.4. The molecule has 0 aromatic rings. The van der Waals surface area contributed by atoms with Crippen molar-refractivity contribution in [3.63, 3.8) is 0 Å². The molecule has 1 heterocycles. The topological polar surface area (TPSA) is 20.3 Å². The van der Waals surface area contributed by atoms with Gasteiger partial charge in [-0.2, -0.15) is 0 Å². The van der Waals surface area contributed by atoms with Crippen molar-refractivity contribution in [3.8, 4) is 0 Å². The summed E-state index contributed by atoms with van der Waals surface area (Å²) in [6, 6.07) is 0. The summed E-state index contributed by atoms with van der Waals surface area (Å²) in [7, 11) is 0. The molecule has 2 aliphatic rings. The number of halogens is 2. The van der Waals surface area contributed by atoms with E-state index in [0.29, 0.717) is 19.0 Å². The number of hydrogen-bond acceptors (Lipinski definition) is 1. The van der Waals surface area contributed by atoms with Gasteiger partial charge in [0.05, 0.1) is 0 Å². The number of likely N-dealkylation sites (tertiary alicyclic amines) is 1. The summed E-state index contributed by atoms with van der Waals surface area (Å²) in [5.74, 6) is -3.58. The molecule has 13 heavy (non-hydrogen) atoms. The van der Waals surface area contributed by atoms with Crippen molar-refractivity contribution in [3.05, 3.63) is 0 Å². The summed E-state index contributed by atoms with van der Waals surface area (Å²) >= 11 is 0. The van der Waals surface area contributed by atoms with Crippen LogP contribution < -0.4 is 0 Å². The van der Waals surface area contributed by atoms with E-state index in [9.17, 15) is 13.6 Å². The molecule has 2 nitrogen and oxygen atoms in total. The van der Waals surface area contributed by atoms with Crippen LogP contribution in [-0.4, -0.2) is 29.8 Å². The van der Waals surface area contributed by atoms with Crippen molar-refractivity contribution < 1.29 is 13.6 Å². The molecular formula is C9H13F2NO. The molecule has 1 aliphatic heterocycles. The number of carbonyl (C=O) groups is 1. The maximum absolute atomic E-state index is 12.5. The van der Waals surface area contributed by atoms with Crippen molar-refractivity contribution >= 4 is 5.91 Å². The molecule has 1 amide bonds. The first kappa shape index (κ1) is 8.91. The van der Waals surface area contributed by atoms with Gasteiger partial charge in [-0.15, -0.1) is 0 Å². The van der Waals surface area contributed by atoms with Gasteiger partial charge in [-0.05, 0) is 12.3 Å². The Morgan fingerprint density at radius 2 is 2.15 bits per heavy atom. The lowest BCUT2D eigenvalue weighted by molar-refractivity contribution is -0.133. The molecule has 0 N–H and O–H groups in total. The quantitative estimate of drug-likeness (QED) is 0.612. The zero-order chi connectivity index (χ0) is 9.64. The van der Waals surface area contributed by atoms with E-state index >= 15 is 0 Å². The molecule has 1 aliphatic carbocycles. The molecule has 2 atom stereocenters. The molecule has 0 aromatic heterocycles. The Labute approximate surface area is 75.9 Å². The third kappa shape index (κ3) is 1.54. The van der Waals surface area contributed by atoms with Gasteiger partial charge in [0.1, 0.15) is 5.92 Å². The van der Waals surface area contributed by atoms with Crippen molar-refractivity contribution in [1.82, 2.24) is 4.90 Å². The number of carbonyl (C=O) groups excluding carboxylic acids is 1. The van der Waals surface area contributed by atoms with Gasteiger partial charge in [0.25, 0.3) is 5.92 Å². The summed E-state index contributed by atoms with van der Waals surface area (Å²) in [5.41, 5.74) is 0. The lowest BCUT2D eigenvalue weighted by atomic mass is 10.2. The number of nitrogens with zero attached hydrogens (tertiary/aromatic N) is 1. The van der Waals surface area contributed by atoms with E-state index in [-0.39, 0.29) is 12.3 Å². The second-order valence-electron chi connectivity index (χ2n) is 4.20. The van der Waals surface area contributed by atoms with E-state index in [1.165, 1.54) is 0 Å². The van der Waals surface area contributed by atoms with E-state index in [2.05, 4.69) is 0 Å². The largest absolute Gasteiger partial charge is 0.342 e. The van der Waals surface area contributed by atoms with Crippen LogP contribution in [-0.2, 0) is 4.79 Å². The fraction of sp³-hybridized carbons (Fsp3) is 0.889. The molecule has 4 heteroatoms. The summed E-state index contributed by atoms with van der Waals surface area (Å²) in [4.78, 5) is 13.0. The van der Waals surface area contributed by atoms with Crippen LogP contribution in [0.2, 0.25) is 0 Å². The molecule has 74 valence electrons. The predicted octanol–water partition coefficient (Wildman–Crippen LogP) is 1.51. The van der Waals surface area contributed by atoms with Gasteiger partial charge < -0.3 is 4.90 Å². The Hall–Kier alpha value is -0.670. The second-order valence-corrected chi connectivity index (χ2v) is 4.20. The molecular weight excluding hydrogens is 176 g/mol. The van der Waals surface area contributed by atoms with Gasteiger partial charge >= 0.3 is 0 Å². The summed E-state index contributed by atoms with van der Waals surface area (Å²) < 4.78 is 25.1. The molecule has 0 bridgehead atoms. The Morgan fingerprint density at radius 1 is 1.54 bits per heavy atom. The van der Waals surface area contributed by atoms with Gasteiger partial charge in [-0.25, -0.2) is 8.78 Å². The summed E-state index contributed by atoms with van der Waals surface area (Å²) in [6.45, 7) is 3.36. The zero-order valence-corrected chi connectivity index (χ0v) is 7.59. The third-order valence-electron chi connectivity index (χ3n) is 2.86. The van der Waals surface area contributed by atoms with E-state index in [1.807, 2.05) is 6.92 Å². The van der Waals surface area contributed by atoms with E-state index < -0.39 is 11.8 Å². The van der Waals surface area contributed by atoms with Crippen LogP contribution in [0.25, 0.3) is 0 Å². The third-order valence-corrected chi connectivity index (χ3v) is 2.86. The minimum absolute atomic E-state index is 0.239. The molecule has 0 spiro atoms. The molecule has 2 fully saturated rings. The minimum atomic E-state index is -2.71. The first-order valence-corrected chi connectivity index (χ1v) is 4.67. The lowest BCUT2D eigenvalue weighted by Crippen LogP contribution is -2.31. The van der Waals surface area contributed by atoms with Crippen molar-refractivity contribution in [1.29, 1.82) is 0 Å². The number of amides is 1. The first-order chi connectivity index (χ1) is 6.00. The molecule has 1 saturated heterocycles. The lowest BCUT2D eigenvalue weighted by Gasteiger charge is -2.15. The molecule has 2 rings (SSSR count). The molecule has 0 aromatic carbocycles. The van der Waals surface area contributed by atoms with Gasteiger partial charge in [-0.3, -0.25) is 4.79 Å². The number of alkyl halides is 2. The fourth-order valence-electron chi connectivity index (χ4n) is 1.84. The highest BCUT2D eigenvalue weighted by molar-refractivity contribution is 5.83. The van der Waals surface area contributed by atoms with E-state index in [0.717, 1.165) is 6.42 Å². The highest BCUT2D eigenvalue weighted by Crippen LogP contribution is 2.49. The smallest absolute Gasteiger partial charge is 0.260 e. The van der Waals surface area contributed by atoms with Gasteiger partial charge in [0, 0.05) is 19.5 Å². The Morgan fingerprint density at radius 3 is 2.54 bits per heavy atom. The molecule has 1 saturated carbocycles. The summed E-state index contributed by atoms with van der Waals surface area (Å²) in [6.07, 6.45) is 0.709. The van der Waals surface area contributed by atoms with Crippen molar-refractivity contribution in [2.24, 2.45) is 11.8 Å². The zero-order valence-electron chi connectivity index (χ0n) is 7.59. The second kappa shape index (κ2) is 2.66. The van der Waals surface area contributed by atoms with Crippen LogP contribution in [0.3, 0.4) is 0 Å². The van der Waals surface area contributed by atoms with Crippen molar-refractivity contribution in [2.75, 3.05) is 13.1 Å². The minimum Gasteiger partial charge on any atom is -0.342 e. The number of hydrogen-bond donors (Lipinski definition) is 0. The maximum Gasteiger partial charge on any atom is 0.260 e. The molecule has 1 unspecified atom stereocenters. The predicted molar refractivity (Wildman–Crippen MR) is 43.4 cm³/mol. The highest BCUT2D eigenvalue weighted by atomic mass is 19.3. The number of rotatable bonds is 1. The van der Waals surface area contributed by atoms with Gasteiger partial charge in [0.15, 0.2) is 0 Å². The Kier molecular flexibility index (Phi) is 1.82. The van der Waals surface area contributed by atoms with Gasteiger partial charge in [0.2, 0.25) is 5.91 Å². The van der Waals surface area contributed by atoms with E-state index in [1.54, 1.807) is 4.90 Å². The highest BCUT2D eigenvalue weighted by Gasteiger charge is 2.62. The van der Waals surface area contributed by atoms with Crippen LogP contribution in [0, 0.1) is 11.8 Å². The van der Waals surface area contributed by atoms with Crippen LogP contribution in [0.15, 0.2) is 0 Å². The fourth-order valence-corrected chi connectivity index (χ4v) is 1.84. The average Bonchev–Trinajstić information content (AvgIpc) is 2.47. The SMILES string of the molecule is C[C@@H]1CCN(C(=O)C2CC2(F)F)C1. The first-order valence-electron chi connectivity index (χ1n) is 4.67. The van der Waals surface area contributed by atoms with Crippen LogP contribution >= 0.6 is 0 Å². The standard InChI is InChI=1S/C9H13F2NO/c1-6-2-3-12(5-6)8(13)7-4-9(7,10)11/h6-7H,2-5H2,1H3/t6-,7?/m1/s1. The molecule has 0 radical (unpaired) electrons. The Bertz CT molecular complexity index is 242. The van der Waals surface area contributed by atoms with E-state index in [4.69, 9.17) is 0 Å². The maximum atomic E-state index is 12.5. The van der Waals surface area contributed by atoms with Gasteiger partial charge in [-0.1, -0.05) is 6.92 Å². The summed E-state index contributed by atoms with van der Waals surface area (Å²) in [5, 5.41) is 0. The average molecular weight is 189 g/mol. The van der Waals surface area contributed by atoms with Crippen LogP contribution in [0.4, 0.5) is 8.78 Å². The monoisotopic (exact) mass is 189 g/mol.